The van der Waals surface area contributed by atoms with E-state index >= 15 is 0 Å². The smallest absolute Gasteiger partial charge is 0.0519 e. The van der Waals surface area contributed by atoms with Gasteiger partial charge in [-0.2, -0.15) is 0 Å². The minimum Gasteiger partial charge on any atom is -0.379 e. The summed E-state index contributed by atoms with van der Waals surface area (Å²) >= 11 is 0. The third-order valence-corrected chi connectivity index (χ3v) is 3.20. The summed E-state index contributed by atoms with van der Waals surface area (Å²) in [6, 6.07) is 0. The Morgan fingerprint density at radius 3 is 1.59 bits per heavy atom. The number of hydrogen-bond acceptors (Lipinski definition) is 1. The largest absolute Gasteiger partial charge is 0.379 e. The van der Waals surface area contributed by atoms with Crippen LogP contribution in [0.2, 0.25) is 0 Å². The van der Waals surface area contributed by atoms with Gasteiger partial charge in [-0.25, -0.2) is 0 Å². The molecule has 0 radical (unpaired) electrons. The van der Waals surface area contributed by atoms with Crippen molar-refractivity contribution in [1.82, 2.24) is 0 Å². The van der Waals surface area contributed by atoms with E-state index in [1.165, 1.54) is 19.3 Å². The van der Waals surface area contributed by atoms with Crippen molar-refractivity contribution in [3.63, 3.8) is 0 Å². The molecule has 0 amide bonds. The Hall–Kier alpha value is -0.0400. The molecule has 0 fully saturated rings. The Morgan fingerprint density at radius 1 is 0.647 bits per heavy atom. The fourth-order valence-electron chi connectivity index (χ4n) is 2.80. The molecule has 0 aromatic rings. The van der Waals surface area contributed by atoms with Crippen LogP contribution in [0.25, 0.3) is 0 Å². The van der Waals surface area contributed by atoms with Gasteiger partial charge in [0.2, 0.25) is 0 Å². The molecule has 0 heterocycles. The lowest BCUT2D eigenvalue weighted by Crippen LogP contribution is -2.15. The molecule has 0 spiro atoms. The van der Waals surface area contributed by atoms with E-state index in [9.17, 15) is 0 Å². The van der Waals surface area contributed by atoms with Crippen LogP contribution in [0.4, 0.5) is 0 Å². The molecule has 0 aliphatic carbocycles. The molecular weight excluding hydrogens is 208 g/mol. The molecular formula is C16H34O. The van der Waals surface area contributed by atoms with Gasteiger partial charge >= 0.3 is 0 Å². The lowest BCUT2D eigenvalue weighted by molar-refractivity contribution is 0.0489. The summed E-state index contributed by atoms with van der Waals surface area (Å²) < 4.78 is 5.67. The minimum absolute atomic E-state index is 0.368. The summed E-state index contributed by atoms with van der Waals surface area (Å²) in [7, 11) is 0. The van der Waals surface area contributed by atoms with Gasteiger partial charge in [0.25, 0.3) is 0 Å². The molecule has 104 valence electrons. The second-order valence-electron chi connectivity index (χ2n) is 6.80. The SMILES string of the molecule is CC(C)CC(C)CC(C)CC(C)COC(C)C. The molecule has 1 nitrogen and oxygen atoms in total. The molecule has 3 unspecified atom stereocenters. The van der Waals surface area contributed by atoms with Crippen molar-refractivity contribution in [3.8, 4) is 0 Å². The van der Waals surface area contributed by atoms with Crippen molar-refractivity contribution in [2.75, 3.05) is 6.61 Å². The van der Waals surface area contributed by atoms with Gasteiger partial charge in [0.1, 0.15) is 0 Å². The highest BCUT2D eigenvalue weighted by molar-refractivity contribution is 4.65. The topological polar surface area (TPSA) is 9.23 Å². The average molecular weight is 242 g/mol. The van der Waals surface area contributed by atoms with E-state index in [0.717, 1.165) is 24.4 Å². The third kappa shape index (κ3) is 10.8. The quantitative estimate of drug-likeness (QED) is 0.543. The molecule has 1 heteroatoms. The van der Waals surface area contributed by atoms with Crippen LogP contribution in [0.15, 0.2) is 0 Å². The maximum Gasteiger partial charge on any atom is 0.0519 e. The summed E-state index contributed by atoms with van der Waals surface area (Å²) in [4.78, 5) is 0. The summed E-state index contributed by atoms with van der Waals surface area (Å²) in [6.07, 6.45) is 4.40. The summed E-state index contributed by atoms with van der Waals surface area (Å²) in [5.74, 6) is 3.22. The molecule has 0 saturated carbocycles. The van der Waals surface area contributed by atoms with Crippen LogP contribution in [-0.2, 0) is 4.74 Å². The fourth-order valence-corrected chi connectivity index (χ4v) is 2.80. The highest BCUT2D eigenvalue weighted by Gasteiger charge is 2.14. The monoisotopic (exact) mass is 242 g/mol. The maximum atomic E-state index is 5.67. The van der Waals surface area contributed by atoms with Gasteiger partial charge in [-0.15, -0.1) is 0 Å². The molecule has 0 aliphatic heterocycles. The molecule has 0 aliphatic rings. The van der Waals surface area contributed by atoms with Crippen molar-refractivity contribution < 1.29 is 4.74 Å². The standard InChI is InChI=1S/C16H34O/c1-12(2)8-14(5)9-15(6)10-16(7)11-17-13(3)4/h12-16H,8-11H2,1-7H3. The maximum absolute atomic E-state index is 5.67. The van der Waals surface area contributed by atoms with Gasteiger partial charge in [0.05, 0.1) is 6.10 Å². The zero-order chi connectivity index (χ0) is 13.4. The molecule has 0 N–H and O–H groups in total. The predicted molar refractivity (Wildman–Crippen MR) is 77.3 cm³/mol. The van der Waals surface area contributed by atoms with Crippen molar-refractivity contribution in [2.45, 2.75) is 73.8 Å². The number of ether oxygens (including phenoxy) is 1. The van der Waals surface area contributed by atoms with Gasteiger partial charge in [0.15, 0.2) is 0 Å². The lowest BCUT2D eigenvalue weighted by atomic mass is 9.86. The van der Waals surface area contributed by atoms with Crippen LogP contribution < -0.4 is 0 Å². The minimum atomic E-state index is 0.368. The van der Waals surface area contributed by atoms with Crippen LogP contribution >= 0.6 is 0 Å². The summed E-state index contributed by atoms with van der Waals surface area (Å²) in [6.45, 7) is 16.9. The highest BCUT2D eigenvalue weighted by atomic mass is 16.5. The molecule has 0 bridgehead atoms. The molecule has 3 atom stereocenters. The molecule has 0 aromatic carbocycles. The lowest BCUT2D eigenvalue weighted by Gasteiger charge is -2.22. The first-order chi connectivity index (χ1) is 7.81. The van der Waals surface area contributed by atoms with Crippen LogP contribution in [0.5, 0.6) is 0 Å². The van der Waals surface area contributed by atoms with Crippen LogP contribution in [-0.4, -0.2) is 12.7 Å². The Kier molecular flexibility index (Phi) is 8.94. The van der Waals surface area contributed by atoms with E-state index in [4.69, 9.17) is 4.74 Å². The first-order valence-corrected chi connectivity index (χ1v) is 7.42. The van der Waals surface area contributed by atoms with Crippen molar-refractivity contribution in [1.29, 1.82) is 0 Å². The van der Waals surface area contributed by atoms with Gasteiger partial charge in [0, 0.05) is 6.61 Å². The van der Waals surface area contributed by atoms with Gasteiger partial charge < -0.3 is 4.74 Å². The summed E-state index contributed by atoms with van der Waals surface area (Å²) in [5.41, 5.74) is 0. The number of hydrogen-bond donors (Lipinski definition) is 0. The highest BCUT2D eigenvalue weighted by Crippen LogP contribution is 2.24. The summed E-state index contributed by atoms with van der Waals surface area (Å²) in [5, 5.41) is 0. The van der Waals surface area contributed by atoms with Crippen LogP contribution in [0.1, 0.15) is 67.7 Å². The molecule has 0 saturated heterocycles. The van der Waals surface area contributed by atoms with E-state index in [2.05, 4.69) is 48.5 Å². The Morgan fingerprint density at radius 2 is 1.12 bits per heavy atom. The zero-order valence-corrected chi connectivity index (χ0v) is 13.1. The Labute approximate surface area is 109 Å². The zero-order valence-electron chi connectivity index (χ0n) is 13.1. The van der Waals surface area contributed by atoms with E-state index in [0.29, 0.717) is 12.0 Å². The first kappa shape index (κ1) is 17.0. The third-order valence-electron chi connectivity index (χ3n) is 3.20. The van der Waals surface area contributed by atoms with Crippen molar-refractivity contribution >= 4 is 0 Å². The normalized spacial score (nSPS) is 17.5. The van der Waals surface area contributed by atoms with Crippen molar-refractivity contribution in [2.24, 2.45) is 23.7 Å². The second-order valence-corrected chi connectivity index (χ2v) is 6.80. The van der Waals surface area contributed by atoms with Gasteiger partial charge in [-0.05, 0) is 56.8 Å². The van der Waals surface area contributed by atoms with E-state index in [1.54, 1.807) is 0 Å². The second kappa shape index (κ2) is 8.97. The Bertz CT molecular complexity index is 174. The van der Waals surface area contributed by atoms with E-state index < -0.39 is 0 Å². The predicted octanol–water partition coefficient (Wildman–Crippen LogP) is 5.15. The van der Waals surface area contributed by atoms with Gasteiger partial charge in [-0.1, -0.05) is 34.6 Å². The van der Waals surface area contributed by atoms with Crippen LogP contribution in [0, 0.1) is 23.7 Å². The average Bonchev–Trinajstić information content (AvgIpc) is 2.12. The van der Waals surface area contributed by atoms with Crippen LogP contribution in [0.3, 0.4) is 0 Å². The molecule has 0 rings (SSSR count). The van der Waals surface area contributed by atoms with E-state index in [1.807, 2.05) is 0 Å². The van der Waals surface area contributed by atoms with E-state index in [-0.39, 0.29) is 0 Å². The molecule has 0 aromatic heterocycles. The molecule has 17 heavy (non-hydrogen) atoms. The first-order valence-electron chi connectivity index (χ1n) is 7.42. The Balaban J connectivity index is 3.72. The van der Waals surface area contributed by atoms with Crippen molar-refractivity contribution in [3.05, 3.63) is 0 Å². The fraction of sp³-hybridized carbons (Fsp3) is 1.00. The number of rotatable bonds is 9. The van der Waals surface area contributed by atoms with Gasteiger partial charge in [-0.3, -0.25) is 0 Å².